The lowest BCUT2D eigenvalue weighted by molar-refractivity contribution is 0.123. The SMILES string of the molecule is CCCCCCCCC[C@@H]1C[C@H](O)[C@H](Cc2ccccc2)N1C. The number of aliphatic hydroxyl groups excluding tert-OH is 1. The summed E-state index contributed by atoms with van der Waals surface area (Å²) >= 11 is 0. The summed E-state index contributed by atoms with van der Waals surface area (Å²) in [6.45, 7) is 2.27. The summed E-state index contributed by atoms with van der Waals surface area (Å²) in [4.78, 5) is 2.44. The average Bonchev–Trinajstić information content (AvgIpc) is 2.83. The molecule has 1 aromatic carbocycles. The molecule has 2 nitrogen and oxygen atoms in total. The minimum absolute atomic E-state index is 0.172. The summed E-state index contributed by atoms with van der Waals surface area (Å²) in [5.74, 6) is 0. The molecular weight excluding hydrogens is 282 g/mol. The van der Waals surface area contributed by atoms with E-state index in [-0.39, 0.29) is 12.1 Å². The van der Waals surface area contributed by atoms with Gasteiger partial charge >= 0.3 is 0 Å². The monoisotopic (exact) mass is 317 g/mol. The summed E-state index contributed by atoms with van der Waals surface area (Å²) in [6, 6.07) is 11.4. The van der Waals surface area contributed by atoms with Crippen LogP contribution in [0, 0.1) is 0 Å². The minimum atomic E-state index is -0.172. The Morgan fingerprint density at radius 2 is 1.65 bits per heavy atom. The molecule has 0 bridgehead atoms. The normalized spacial score (nSPS) is 25.1. The summed E-state index contributed by atoms with van der Waals surface area (Å²) in [6.07, 6.45) is 12.5. The molecule has 1 aliphatic rings. The first-order valence-electron chi connectivity index (χ1n) is 9.66. The third kappa shape index (κ3) is 5.93. The zero-order valence-electron chi connectivity index (χ0n) is 15.1. The fraction of sp³-hybridized carbons (Fsp3) is 0.714. The van der Waals surface area contributed by atoms with Crippen LogP contribution in [-0.4, -0.2) is 35.2 Å². The molecule has 1 aliphatic heterocycles. The fourth-order valence-corrected chi connectivity index (χ4v) is 3.94. The highest BCUT2D eigenvalue weighted by Gasteiger charge is 2.37. The number of rotatable bonds is 10. The second kappa shape index (κ2) is 10.1. The molecule has 2 heteroatoms. The lowest BCUT2D eigenvalue weighted by Gasteiger charge is -2.26. The maximum atomic E-state index is 10.4. The van der Waals surface area contributed by atoms with E-state index in [0.29, 0.717) is 6.04 Å². The van der Waals surface area contributed by atoms with Crippen LogP contribution in [-0.2, 0) is 6.42 Å². The predicted octanol–water partition coefficient (Wildman–Crippen LogP) is 4.80. The molecule has 1 saturated heterocycles. The highest BCUT2D eigenvalue weighted by Crippen LogP contribution is 2.29. The third-order valence-corrected chi connectivity index (χ3v) is 5.49. The van der Waals surface area contributed by atoms with Gasteiger partial charge in [0.2, 0.25) is 0 Å². The van der Waals surface area contributed by atoms with Gasteiger partial charge in [-0.3, -0.25) is 4.90 Å². The number of unbranched alkanes of at least 4 members (excludes halogenated alkanes) is 6. The first-order chi connectivity index (χ1) is 11.2. The number of benzene rings is 1. The van der Waals surface area contributed by atoms with Crippen LogP contribution >= 0.6 is 0 Å². The van der Waals surface area contributed by atoms with Crippen LogP contribution in [0.5, 0.6) is 0 Å². The molecule has 0 radical (unpaired) electrons. The van der Waals surface area contributed by atoms with Gasteiger partial charge in [-0.05, 0) is 31.9 Å². The Morgan fingerprint density at radius 3 is 2.35 bits per heavy atom. The van der Waals surface area contributed by atoms with Crippen molar-refractivity contribution in [2.45, 2.75) is 89.3 Å². The summed E-state index contributed by atoms with van der Waals surface area (Å²) in [5.41, 5.74) is 1.33. The summed E-state index contributed by atoms with van der Waals surface area (Å²) in [5, 5.41) is 10.4. The first kappa shape index (κ1) is 18.5. The van der Waals surface area contributed by atoms with E-state index in [1.807, 2.05) is 0 Å². The van der Waals surface area contributed by atoms with Gasteiger partial charge in [-0.1, -0.05) is 82.2 Å². The topological polar surface area (TPSA) is 23.5 Å². The first-order valence-corrected chi connectivity index (χ1v) is 9.66. The van der Waals surface area contributed by atoms with Gasteiger partial charge in [0, 0.05) is 12.1 Å². The van der Waals surface area contributed by atoms with Crippen molar-refractivity contribution in [1.82, 2.24) is 4.90 Å². The molecule has 2 rings (SSSR count). The smallest absolute Gasteiger partial charge is 0.0713 e. The summed E-state index contributed by atoms with van der Waals surface area (Å²) in [7, 11) is 2.20. The van der Waals surface area contributed by atoms with Crippen LogP contribution in [0.4, 0.5) is 0 Å². The van der Waals surface area contributed by atoms with E-state index in [1.54, 1.807) is 0 Å². The van der Waals surface area contributed by atoms with Crippen LogP contribution in [0.2, 0.25) is 0 Å². The Labute approximate surface area is 142 Å². The van der Waals surface area contributed by atoms with E-state index in [4.69, 9.17) is 0 Å². The zero-order valence-corrected chi connectivity index (χ0v) is 15.1. The van der Waals surface area contributed by atoms with E-state index in [0.717, 1.165) is 12.8 Å². The van der Waals surface area contributed by atoms with Crippen molar-refractivity contribution in [3.8, 4) is 0 Å². The van der Waals surface area contributed by atoms with E-state index < -0.39 is 0 Å². The van der Waals surface area contributed by atoms with Crippen LogP contribution < -0.4 is 0 Å². The number of nitrogens with zero attached hydrogens (tertiary/aromatic N) is 1. The Bertz CT molecular complexity index is 419. The lowest BCUT2D eigenvalue weighted by atomic mass is 10.0. The van der Waals surface area contributed by atoms with Crippen molar-refractivity contribution in [3.63, 3.8) is 0 Å². The molecule has 1 fully saturated rings. The molecular formula is C21H35NO. The van der Waals surface area contributed by atoms with Gasteiger partial charge in [-0.25, -0.2) is 0 Å². The van der Waals surface area contributed by atoms with Gasteiger partial charge in [0.1, 0.15) is 0 Å². The Morgan fingerprint density at radius 1 is 1.00 bits per heavy atom. The number of likely N-dealkylation sites (tertiary alicyclic amines) is 1. The average molecular weight is 318 g/mol. The highest BCUT2D eigenvalue weighted by atomic mass is 16.3. The van der Waals surface area contributed by atoms with Gasteiger partial charge in [0.05, 0.1) is 6.10 Å². The molecule has 1 heterocycles. The number of aliphatic hydroxyl groups is 1. The van der Waals surface area contributed by atoms with Gasteiger partial charge in [-0.15, -0.1) is 0 Å². The largest absolute Gasteiger partial charge is 0.391 e. The molecule has 1 N–H and O–H groups in total. The maximum absolute atomic E-state index is 10.4. The van der Waals surface area contributed by atoms with Crippen LogP contribution in [0.1, 0.15) is 70.3 Å². The molecule has 0 spiro atoms. The molecule has 0 aliphatic carbocycles. The molecule has 0 unspecified atom stereocenters. The second-order valence-corrected chi connectivity index (χ2v) is 7.29. The van der Waals surface area contributed by atoms with Crippen LogP contribution in [0.3, 0.4) is 0 Å². The van der Waals surface area contributed by atoms with Crippen molar-refractivity contribution in [2.75, 3.05) is 7.05 Å². The van der Waals surface area contributed by atoms with E-state index in [2.05, 4.69) is 49.2 Å². The van der Waals surface area contributed by atoms with E-state index in [9.17, 15) is 5.11 Å². The number of hydrogen-bond donors (Lipinski definition) is 1. The molecule has 3 atom stereocenters. The second-order valence-electron chi connectivity index (χ2n) is 7.29. The van der Waals surface area contributed by atoms with Crippen molar-refractivity contribution in [3.05, 3.63) is 35.9 Å². The van der Waals surface area contributed by atoms with Crippen molar-refractivity contribution < 1.29 is 5.11 Å². The highest BCUT2D eigenvalue weighted by molar-refractivity contribution is 5.17. The van der Waals surface area contributed by atoms with E-state index in [1.165, 1.54) is 56.9 Å². The number of likely N-dealkylation sites (N-methyl/N-ethyl adjacent to an activating group) is 1. The molecule has 0 aromatic heterocycles. The standard InChI is InChI=1S/C21H35NO/c1-3-4-5-6-7-8-12-15-19-17-21(23)20(22(19)2)16-18-13-10-9-11-14-18/h9-11,13-14,19-21,23H,3-8,12,15-17H2,1-2H3/t19-,20+,21+/m1/s1. The van der Waals surface area contributed by atoms with Crippen LogP contribution in [0.25, 0.3) is 0 Å². The quantitative estimate of drug-likeness (QED) is 0.626. The van der Waals surface area contributed by atoms with Crippen molar-refractivity contribution in [2.24, 2.45) is 0 Å². The summed E-state index contributed by atoms with van der Waals surface area (Å²) < 4.78 is 0. The van der Waals surface area contributed by atoms with Gasteiger partial charge in [0.15, 0.2) is 0 Å². The lowest BCUT2D eigenvalue weighted by Crippen LogP contribution is -2.37. The van der Waals surface area contributed by atoms with Gasteiger partial charge in [-0.2, -0.15) is 0 Å². The molecule has 0 amide bonds. The minimum Gasteiger partial charge on any atom is -0.391 e. The van der Waals surface area contributed by atoms with Crippen LogP contribution in [0.15, 0.2) is 30.3 Å². The molecule has 0 saturated carbocycles. The third-order valence-electron chi connectivity index (χ3n) is 5.49. The van der Waals surface area contributed by atoms with E-state index >= 15 is 0 Å². The molecule has 130 valence electrons. The number of hydrogen-bond acceptors (Lipinski definition) is 2. The predicted molar refractivity (Wildman–Crippen MR) is 98.7 cm³/mol. The fourth-order valence-electron chi connectivity index (χ4n) is 3.94. The molecule has 1 aromatic rings. The van der Waals surface area contributed by atoms with Crippen molar-refractivity contribution >= 4 is 0 Å². The zero-order chi connectivity index (χ0) is 16.5. The molecule has 23 heavy (non-hydrogen) atoms. The Hall–Kier alpha value is -0.860. The maximum Gasteiger partial charge on any atom is 0.0713 e. The Kier molecular flexibility index (Phi) is 8.11. The Balaban J connectivity index is 1.69. The van der Waals surface area contributed by atoms with Gasteiger partial charge < -0.3 is 5.11 Å². The van der Waals surface area contributed by atoms with Gasteiger partial charge in [0.25, 0.3) is 0 Å². The van der Waals surface area contributed by atoms with Crippen molar-refractivity contribution in [1.29, 1.82) is 0 Å².